The molecule has 3 aromatic rings. The van der Waals surface area contributed by atoms with Crippen LogP contribution < -0.4 is 5.14 Å². The third-order valence-electron chi connectivity index (χ3n) is 5.90. The van der Waals surface area contributed by atoms with Gasteiger partial charge in [-0.2, -0.15) is 0 Å². The Morgan fingerprint density at radius 2 is 1.72 bits per heavy atom. The molecule has 1 saturated carbocycles. The van der Waals surface area contributed by atoms with Crippen LogP contribution in [-0.2, 0) is 14.8 Å². The molecule has 0 spiro atoms. The Bertz CT molecular complexity index is 1340. The first-order valence-corrected chi connectivity index (χ1v) is 12.3. The lowest BCUT2D eigenvalue weighted by Gasteiger charge is -2.27. The molecule has 32 heavy (non-hydrogen) atoms. The molecule has 0 radical (unpaired) electrons. The highest BCUT2D eigenvalue weighted by atomic mass is 35.5. The normalized spacial score (nSPS) is 19.2. The Hall–Kier alpha value is -2.39. The number of aliphatic carboxylic acids is 1. The van der Waals surface area contributed by atoms with E-state index in [0.717, 1.165) is 12.8 Å². The molecule has 0 unspecified atom stereocenters. The molecule has 0 aliphatic heterocycles. The van der Waals surface area contributed by atoms with Crippen LogP contribution in [0.1, 0.15) is 47.5 Å². The summed E-state index contributed by atoms with van der Waals surface area (Å²) in [5.74, 6) is -2.92. The number of benzene rings is 2. The zero-order valence-electron chi connectivity index (χ0n) is 16.8. The summed E-state index contributed by atoms with van der Waals surface area (Å²) in [6, 6.07) is 9.61. The maximum absolute atomic E-state index is 12.8. The molecule has 1 aliphatic carbocycles. The third kappa shape index (κ3) is 4.03. The van der Waals surface area contributed by atoms with Crippen molar-refractivity contribution in [2.75, 3.05) is 0 Å². The van der Waals surface area contributed by atoms with Crippen LogP contribution in [0.15, 0.2) is 41.3 Å². The number of carbonyl (C=O) groups is 2. The first-order chi connectivity index (χ1) is 15.1. The molecule has 4 rings (SSSR count). The van der Waals surface area contributed by atoms with Crippen molar-refractivity contribution in [2.24, 2.45) is 5.14 Å². The number of rotatable bonds is 5. The lowest BCUT2D eigenvalue weighted by molar-refractivity contribution is -0.131. The first-order valence-electron chi connectivity index (χ1n) is 9.97. The van der Waals surface area contributed by atoms with Crippen LogP contribution >= 0.6 is 23.2 Å². The Labute approximate surface area is 194 Å². The molecule has 0 amide bonds. The van der Waals surface area contributed by atoms with Gasteiger partial charge in [0.2, 0.25) is 10.0 Å². The number of carboxylic acids is 1. The van der Waals surface area contributed by atoms with E-state index in [1.165, 1.54) is 6.07 Å². The summed E-state index contributed by atoms with van der Waals surface area (Å²) in [4.78, 5) is 27.1. The molecule has 0 saturated heterocycles. The van der Waals surface area contributed by atoms with Gasteiger partial charge in [0.05, 0.1) is 26.7 Å². The number of ketones is 1. The van der Waals surface area contributed by atoms with E-state index in [2.05, 4.69) is 4.98 Å². The van der Waals surface area contributed by atoms with Gasteiger partial charge in [0.25, 0.3) is 5.78 Å². The minimum atomic E-state index is -4.23. The zero-order chi connectivity index (χ0) is 23.2. The molecule has 4 N–H and O–H groups in total. The van der Waals surface area contributed by atoms with Gasteiger partial charge in [0.1, 0.15) is 0 Å². The number of nitrogens with one attached hydrogen (secondary N) is 1. The van der Waals surface area contributed by atoms with Gasteiger partial charge in [-0.05, 0) is 43.2 Å². The number of sulfonamides is 1. The minimum absolute atomic E-state index is 0.0444. The number of aromatic amines is 1. The quantitative estimate of drug-likeness (QED) is 0.269. The molecule has 0 bridgehead atoms. The summed E-state index contributed by atoms with van der Waals surface area (Å²) in [6.45, 7) is 0. The van der Waals surface area contributed by atoms with Crippen LogP contribution in [0.4, 0.5) is 0 Å². The maximum Gasteiger partial charge on any atom is 0.377 e. The van der Waals surface area contributed by atoms with Gasteiger partial charge >= 0.3 is 5.97 Å². The van der Waals surface area contributed by atoms with Gasteiger partial charge in [0, 0.05) is 16.3 Å². The fourth-order valence-electron chi connectivity index (χ4n) is 4.48. The largest absolute Gasteiger partial charge is 0.475 e. The van der Waals surface area contributed by atoms with Gasteiger partial charge < -0.3 is 10.1 Å². The second-order valence-electron chi connectivity index (χ2n) is 7.89. The number of alkyl halides is 1. The fraction of sp³-hybridized carbons (Fsp3) is 0.273. The van der Waals surface area contributed by atoms with Crippen molar-refractivity contribution in [1.82, 2.24) is 4.98 Å². The second kappa shape index (κ2) is 8.51. The van der Waals surface area contributed by atoms with E-state index in [1.807, 2.05) is 0 Å². The predicted octanol–water partition coefficient (Wildman–Crippen LogP) is 4.67. The van der Waals surface area contributed by atoms with Gasteiger partial charge in [-0.15, -0.1) is 11.6 Å². The fourth-order valence-corrected chi connectivity index (χ4v) is 5.99. The highest BCUT2D eigenvalue weighted by molar-refractivity contribution is 7.89. The van der Waals surface area contributed by atoms with Gasteiger partial charge in [-0.3, -0.25) is 4.79 Å². The molecule has 7 nitrogen and oxygen atoms in total. The maximum atomic E-state index is 12.8. The number of carboxylic acid groups (broad SMARTS) is 1. The van der Waals surface area contributed by atoms with E-state index in [1.54, 1.807) is 30.3 Å². The Balaban J connectivity index is 2.03. The molecule has 10 heteroatoms. The van der Waals surface area contributed by atoms with Crippen molar-refractivity contribution in [2.45, 2.75) is 41.9 Å². The number of primary sulfonamides is 1. The van der Waals surface area contributed by atoms with Gasteiger partial charge in [0.15, 0.2) is 0 Å². The number of para-hydroxylation sites is 1. The number of hydrogen-bond donors (Lipinski definition) is 3. The molecular weight excluding hydrogens is 475 g/mol. The topological polar surface area (TPSA) is 130 Å². The van der Waals surface area contributed by atoms with Gasteiger partial charge in [-0.1, -0.05) is 41.9 Å². The summed E-state index contributed by atoms with van der Waals surface area (Å²) < 4.78 is 25.5. The lowest BCUT2D eigenvalue weighted by atomic mass is 9.83. The van der Waals surface area contributed by atoms with E-state index in [4.69, 9.17) is 28.3 Å². The van der Waals surface area contributed by atoms with E-state index in [-0.39, 0.29) is 43.4 Å². The standard InChI is InChI=1S/C22H20Cl2N2O5S/c23-12-9-7-11(8-10-12)13-3-1-5-15(21(13)32(25,30)31)19-17(20(27)22(28)29)14-4-2-6-16(24)18(14)26-19/h1-6,11-12,26H,7-10H2,(H,28,29)(H2,25,30,31). The van der Waals surface area contributed by atoms with Crippen molar-refractivity contribution in [3.63, 3.8) is 0 Å². The zero-order valence-corrected chi connectivity index (χ0v) is 19.1. The highest BCUT2D eigenvalue weighted by Crippen LogP contribution is 2.42. The lowest BCUT2D eigenvalue weighted by Crippen LogP contribution is -2.21. The van der Waals surface area contributed by atoms with E-state index in [0.29, 0.717) is 23.9 Å². The number of Topliss-reactive ketones (excluding diaryl/α,β-unsaturated/α-hetero) is 1. The van der Waals surface area contributed by atoms with Crippen LogP contribution in [-0.4, -0.2) is 35.6 Å². The predicted molar refractivity (Wildman–Crippen MR) is 123 cm³/mol. The number of aromatic nitrogens is 1. The Morgan fingerprint density at radius 1 is 1.06 bits per heavy atom. The number of H-pyrrole nitrogens is 1. The smallest absolute Gasteiger partial charge is 0.377 e. The number of fused-ring (bicyclic) bond motifs is 1. The number of halogens is 2. The summed E-state index contributed by atoms with van der Waals surface area (Å²) in [5.41, 5.74) is 0.892. The Morgan fingerprint density at radius 3 is 2.34 bits per heavy atom. The van der Waals surface area contributed by atoms with Crippen LogP contribution in [0.25, 0.3) is 22.2 Å². The molecule has 2 aromatic carbocycles. The monoisotopic (exact) mass is 494 g/mol. The van der Waals surface area contributed by atoms with E-state index in [9.17, 15) is 23.1 Å². The van der Waals surface area contributed by atoms with Crippen molar-refractivity contribution >= 4 is 55.9 Å². The van der Waals surface area contributed by atoms with Crippen molar-refractivity contribution in [3.8, 4) is 11.3 Å². The van der Waals surface area contributed by atoms with Crippen molar-refractivity contribution < 1.29 is 23.1 Å². The average Bonchev–Trinajstić information content (AvgIpc) is 3.13. The van der Waals surface area contributed by atoms with Crippen LogP contribution in [0.5, 0.6) is 0 Å². The van der Waals surface area contributed by atoms with Crippen LogP contribution in [0, 0.1) is 0 Å². The summed E-state index contributed by atoms with van der Waals surface area (Å²) in [7, 11) is -4.23. The van der Waals surface area contributed by atoms with Crippen molar-refractivity contribution in [1.29, 1.82) is 0 Å². The molecule has 0 atom stereocenters. The minimum Gasteiger partial charge on any atom is -0.475 e. The molecule has 1 aromatic heterocycles. The average molecular weight is 495 g/mol. The molecule has 1 fully saturated rings. The second-order valence-corrected chi connectivity index (χ2v) is 10.4. The summed E-state index contributed by atoms with van der Waals surface area (Å²) in [6.07, 6.45) is 2.87. The molecule has 1 aliphatic rings. The number of carbonyl (C=O) groups excluding carboxylic acids is 1. The summed E-state index contributed by atoms with van der Waals surface area (Å²) >= 11 is 12.5. The third-order valence-corrected chi connectivity index (χ3v) is 7.68. The molecule has 1 heterocycles. The van der Waals surface area contributed by atoms with Crippen molar-refractivity contribution in [3.05, 3.63) is 52.5 Å². The SMILES string of the molecule is NS(=O)(=O)c1c(-c2[nH]c3c(Cl)cccc3c2C(=O)C(=O)O)cccc1C1CCC(Cl)CC1. The van der Waals surface area contributed by atoms with E-state index >= 15 is 0 Å². The Kier molecular flexibility index (Phi) is 6.06. The molecular formula is C22H20Cl2N2O5S. The first kappa shape index (κ1) is 22.8. The number of nitrogens with two attached hydrogens (primary N) is 1. The van der Waals surface area contributed by atoms with Crippen LogP contribution in [0.3, 0.4) is 0 Å². The van der Waals surface area contributed by atoms with Crippen LogP contribution in [0.2, 0.25) is 5.02 Å². The summed E-state index contributed by atoms with van der Waals surface area (Å²) in [5, 5.41) is 15.7. The number of hydrogen-bond acceptors (Lipinski definition) is 4. The highest BCUT2D eigenvalue weighted by Gasteiger charge is 2.32. The van der Waals surface area contributed by atoms with E-state index < -0.39 is 21.8 Å². The van der Waals surface area contributed by atoms with Gasteiger partial charge in [-0.25, -0.2) is 18.4 Å². The molecule has 168 valence electrons.